The summed E-state index contributed by atoms with van der Waals surface area (Å²) in [6, 6.07) is 23.5. The second-order valence-corrected chi connectivity index (χ2v) is 10.2. The van der Waals surface area contributed by atoms with Crippen LogP contribution in [0.5, 0.6) is 0 Å². The van der Waals surface area contributed by atoms with E-state index in [1.807, 2.05) is 16.3 Å². The summed E-state index contributed by atoms with van der Waals surface area (Å²) in [6.45, 7) is 5.91. The summed E-state index contributed by atoms with van der Waals surface area (Å²) in [5.74, 6) is 0. The molecule has 4 aromatic rings. The highest BCUT2D eigenvalue weighted by molar-refractivity contribution is 7.99. The summed E-state index contributed by atoms with van der Waals surface area (Å²) < 4.78 is 1.88. The summed E-state index contributed by atoms with van der Waals surface area (Å²) in [4.78, 5) is 23.2. The molecule has 0 saturated carbocycles. The minimum absolute atomic E-state index is 0.0290. The van der Waals surface area contributed by atoms with Crippen molar-refractivity contribution >= 4 is 34.4 Å². The van der Waals surface area contributed by atoms with Gasteiger partial charge in [-0.1, -0.05) is 54.2 Å². The number of benzene rings is 3. The van der Waals surface area contributed by atoms with E-state index in [1.165, 1.54) is 26.5 Å². The summed E-state index contributed by atoms with van der Waals surface area (Å²) in [5.41, 5.74) is 6.66. The van der Waals surface area contributed by atoms with E-state index in [-0.39, 0.29) is 5.69 Å². The molecule has 2 aliphatic heterocycles. The van der Waals surface area contributed by atoms with Crippen molar-refractivity contribution in [1.29, 1.82) is 0 Å². The first-order chi connectivity index (χ1) is 16.7. The van der Waals surface area contributed by atoms with E-state index in [1.54, 1.807) is 0 Å². The van der Waals surface area contributed by atoms with Crippen molar-refractivity contribution in [2.24, 2.45) is 0 Å². The molecule has 1 fully saturated rings. The molecule has 2 aliphatic rings. The molecular weight excluding hydrogens is 440 g/mol. The molecule has 0 spiro atoms. The molecule has 0 bridgehead atoms. The number of piperazine rings is 1. The number of H-pyrrole nitrogens is 1. The van der Waals surface area contributed by atoms with Gasteiger partial charge < -0.3 is 9.88 Å². The van der Waals surface area contributed by atoms with E-state index < -0.39 is 0 Å². The smallest absolute Gasteiger partial charge is 0.306 e. The van der Waals surface area contributed by atoms with E-state index >= 15 is 0 Å². The first-order valence-electron chi connectivity index (χ1n) is 11.9. The van der Waals surface area contributed by atoms with E-state index in [4.69, 9.17) is 0 Å². The third kappa shape index (κ3) is 4.02. The molecule has 5 nitrogen and oxygen atoms in total. The number of hydrogen-bond acceptors (Lipinski definition) is 4. The molecule has 0 atom stereocenters. The fraction of sp³-hybridized carbons (Fsp3) is 0.250. The number of imidazole rings is 1. The standard InChI is InChI=1S/C28H28N4OS/c1-30-12-14-31(15-13-30)16-17-32-25-11-10-20(19-24(25)29-28(32)33)18-23-21-6-2-4-8-26(21)34-27-9-5-3-7-22(23)27/h2-11,18-19H,12-17H2,1H3,(H,29,33). The molecular formula is C28H28N4OS. The van der Waals surface area contributed by atoms with Gasteiger partial charge in [0.2, 0.25) is 0 Å². The molecule has 1 N–H and O–H groups in total. The molecule has 6 rings (SSSR count). The lowest BCUT2D eigenvalue weighted by molar-refractivity contribution is 0.150. The summed E-state index contributed by atoms with van der Waals surface area (Å²) in [5, 5.41) is 0. The normalized spacial score (nSPS) is 16.4. The Bertz CT molecular complexity index is 1390. The molecule has 0 aliphatic carbocycles. The maximum atomic E-state index is 12.8. The number of aromatic nitrogens is 2. The number of aromatic amines is 1. The lowest BCUT2D eigenvalue weighted by atomic mass is 9.95. The van der Waals surface area contributed by atoms with Gasteiger partial charge in [0.25, 0.3) is 0 Å². The Kier molecular flexibility index (Phi) is 5.65. The zero-order valence-electron chi connectivity index (χ0n) is 19.3. The van der Waals surface area contributed by atoms with E-state index in [0.717, 1.165) is 49.3 Å². The van der Waals surface area contributed by atoms with Crippen LogP contribution in [0.4, 0.5) is 0 Å². The Morgan fingerprint density at radius 2 is 1.56 bits per heavy atom. The van der Waals surface area contributed by atoms with Crippen molar-refractivity contribution in [1.82, 2.24) is 19.4 Å². The lowest BCUT2D eigenvalue weighted by Gasteiger charge is -2.32. The first kappa shape index (κ1) is 21.5. The van der Waals surface area contributed by atoms with Crippen molar-refractivity contribution in [2.75, 3.05) is 39.8 Å². The van der Waals surface area contributed by atoms with Crippen LogP contribution in [0.1, 0.15) is 16.7 Å². The van der Waals surface area contributed by atoms with Crippen LogP contribution in [0, 0.1) is 0 Å². The number of fused-ring (bicyclic) bond motifs is 3. The van der Waals surface area contributed by atoms with Crippen LogP contribution in [-0.4, -0.2) is 59.1 Å². The molecule has 0 unspecified atom stereocenters. The number of hydrogen-bond donors (Lipinski definition) is 1. The van der Waals surface area contributed by atoms with Gasteiger partial charge in [0.1, 0.15) is 0 Å². The molecule has 0 amide bonds. The Morgan fingerprint density at radius 1 is 0.882 bits per heavy atom. The van der Waals surface area contributed by atoms with Gasteiger partial charge in [0, 0.05) is 49.1 Å². The van der Waals surface area contributed by atoms with Crippen molar-refractivity contribution < 1.29 is 0 Å². The zero-order valence-corrected chi connectivity index (χ0v) is 20.1. The predicted molar refractivity (Wildman–Crippen MR) is 140 cm³/mol. The van der Waals surface area contributed by atoms with Gasteiger partial charge in [-0.3, -0.25) is 9.47 Å². The van der Waals surface area contributed by atoms with Crippen molar-refractivity contribution in [2.45, 2.75) is 16.3 Å². The molecule has 6 heteroatoms. The average molecular weight is 469 g/mol. The fourth-order valence-electron chi connectivity index (χ4n) is 4.95. The van der Waals surface area contributed by atoms with Crippen LogP contribution < -0.4 is 5.69 Å². The van der Waals surface area contributed by atoms with E-state index in [0.29, 0.717) is 6.54 Å². The highest BCUT2D eigenvalue weighted by atomic mass is 32.2. The Hall–Kier alpha value is -3.06. The number of rotatable bonds is 4. The third-order valence-corrected chi connectivity index (χ3v) is 8.07. The van der Waals surface area contributed by atoms with Gasteiger partial charge in [0.15, 0.2) is 0 Å². The van der Waals surface area contributed by atoms with Crippen LogP contribution in [0.3, 0.4) is 0 Å². The number of nitrogens with zero attached hydrogens (tertiary/aromatic N) is 3. The highest BCUT2D eigenvalue weighted by Crippen LogP contribution is 2.45. The minimum Gasteiger partial charge on any atom is -0.306 e. The number of likely N-dealkylation sites (N-methyl/N-ethyl adjacent to an activating group) is 1. The minimum atomic E-state index is -0.0290. The van der Waals surface area contributed by atoms with Crippen LogP contribution in [0.25, 0.3) is 22.7 Å². The molecule has 1 aromatic heterocycles. The van der Waals surface area contributed by atoms with Gasteiger partial charge in [-0.2, -0.15) is 0 Å². The fourth-order valence-corrected chi connectivity index (χ4v) is 6.05. The number of nitrogens with one attached hydrogen (secondary N) is 1. The van der Waals surface area contributed by atoms with Gasteiger partial charge in [-0.15, -0.1) is 0 Å². The third-order valence-electron chi connectivity index (χ3n) is 6.92. The molecule has 3 aromatic carbocycles. The van der Waals surface area contributed by atoms with Gasteiger partial charge >= 0.3 is 5.69 Å². The molecule has 1 saturated heterocycles. The SMILES string of the molecule is CN1CCN(CCn2c(=O)[nH]c3cc(C=C4c5ccccc5Sc5ccccc54)ccc32)CC1. The van der Waals surface area contributed by atoms with Crippen molar-refractivity contribution in [3.8, 4) is 0 Å². The quantitative estimate of drug-likeness (QED) is 0.418. The summed E-state index contributed by atoms with van der Waals surface area (Å²) in [7, 11) is 2.16. The Balaban J connectivity index is 1.33. The summed E-state index contributed by atoms with van der Waals surface area (Å²) >= 11 is 1.82. The van der Waals surface area contributed by atoms with Gasteiger partial charge in [0.05, 0.1) is 11.0 Å². The molecule has 0 radical (unpaired) electrons. The lowest BCUT2D eigenvalue weighted by Crippen LogP contribution is -2.45. The average Bonchev–Trinajstić information content (AvgIpc) is 3.17. The van der Waals surface area contributed by atoms with Crippen LogP contribution in [0.2, 0.25) is 0 Å². The molecule has 172 valence electrons. The van der Waals surface area contributed by atoms with Crippen LogP contribution in [0.15, 0.2) is 81.3 Å². The van der Waals surface area contributed by atoms with E-state index in [2.05, 4.69) is 94.6 Å². The monoisotopic (exact) mass is 468 g/mol. The molecule has 3 heterocycles. The second-order valence-electron chi connectivity index (χ2n) is 9.16. The maximum absolute atomic E-state index is 12.8. The van der Waals surface area contributed by atoms with Gasteiger partial charge in [-0.05, 0) is 59.7 Å². The second kappa shape index (κ2) is 8.95. The van der Waals surface area contributed by atoms with Crippen LogP contribution >= 0.6 is 11.8 Å². The molecule has 34 heavy (non-hydrogen) atoms. The van der Waals surface area contributed by atoms with Crippen molar-refractivity contribution in [3.05, 3.63) is 93.9 Å². The summed E-state index contributed by atoms with van der Waals surface area (Å²) in [6.07, 6.45) is 2.25. The van der Waals surface area contributed by atoms with E-state index in [9.17, 15) is 4.79 Å². The van der Waals surface area contributed by atoms with Crippen molar-refractivity contribution in [3.63, 3.8) is 0 Å². The first-order valence-corrected chi connectivity index (χ1v) is 12.7. The largest absolute Gasteiger partial charge is 0.326 e. The highest BCUT2D eigenvalue weighted by Gasteiger charge is 2.20. The zero-order chi connectivity index (χ0) is 23.1. The topological polar surface area (TPSA) is 44.3 Å². The Morgan fingerprint density at radius 3 is 2.26 bits per heavy atom. The maximum Gasteiger partial charge on any atom is 0.326 e. The Labute approximate surface area is 203 Å². The predicted octanol–water partition coefficient (Wildman–Crippen LogP) is 4.63. The van der Waals surface area contributed by atoms with Crippen LogP contribution in [-0.2, 0) is 6.54 Å². The van der Waals surface area contributed by atoms with Gasteiger partial charge in [-0.25, -0.2) is 4.79 Å².